The molecule has 31 heavy (non-hydrogen) atoms. The first-order valence-corrected chi connectivity index (χ1v) is 11.1. The third-order valence-electron chi connectivity index (χ3n) is 6.50. The molecule has 0 N–H and O–H groups in total. The van der Waals surface area contributed by atoms with E-state index in [4.69, 9.17) is 4.99 Å². The van der Waals surface area contributed by atoms with Crippen LogP contribution < -0.4 is 0 Å². The lowest BCUT2D eigenvalue weighted by molar-refractivity contribution is -0.136. The molecule has 3 amide bonds. The number of fused-ring (bicyclic) bond motifs is 3. The second-order valence-corrected chi connectivity index (χ2v) is 8.26. The van der Waals surface area contributed by atoms with Crippen LogP contribution in [-0.4, -0.2) is 94.4 Å². The number of hydrogen-bond acceptors (Lipinski definition) is 6. The Hall–Kier alpha value is -2.87. The first-order valence-electron chi connectivity index (χ1n) is 11.1. The summed E-state index contributed by atoms with van der Waals surface area (Å²) in [6, 6.07) is 9.16. The van der Waals surface area contributed by atoms with E-state index < -0.39 is 12.2 Å². The largest absolute Gasteiger partial charge is 0.328 e. The number of guanidine groups is 1. The molecular weight excluding hydrogens is 392 g/mol. The highest BCUT2D eigenvalue weighted by Crippen LogP contribution is 2.33. The summed E-state index contributed by atoms with van der Waals surface area (Å²) in [4.78, 5) is 40.7. The van der Waals surface area contributed by atoms with Crippen LogP contribution in [0.2, 0.25) is 0 Å². The van der Waals surface area contributed by atoms with E-state index in [0.717, 1.165) is 43.4 Å². The molecule has 0 bridgehead atoms. The summed E-state index contributed by atoms with van der Waals surface area (Å²) in [5.74, 6) is 0.606. The lowest BCUT2D eigenvalue weighted by atomic mass is 10.1. The van der Waals surface area contributed by atoms with Gasteiger partial charge < -0.3 is 19.6 Å². The van der Waals surface area contributed by atoms with E-state index in [2.05, 4.69) is 23.6 Å². The Labute approximate surface area is 184 Å². The second kappa shape index (κ2) is 8.70. The lowest BCUT2D eigenvalue weighted by Gasteiger charge is -2.40. The molecule has 166 valence electrons. The first-order chi connectivity index (χ1) is 15.0. The maximum absolute atomic E-state index is 13.4. The highest BCUT2D eigenvalue weighted by molar-refractivity contribution is 6.04. The summed E-state index contributed by atoms with van der Waals surface area (Å²) in [5, 5.41) is 0. The van der Waals surface area contributed by atoms with Crippen LogP contribution >= 0.6 is 0 Å². The van der Waals surface area contributed by atoms with E-state index >= 15 is 0 Å². The molecule has 0 spiro atoms. The fraction of sp³-hybridized carbons (Fsp3) is 0.522. The second-order valence-electron chi connectivity index (χ2n) is 8.26. The van der Waals surface area contributed by atoms with Crippen molar-refractivity contribution in [2.24, 2.45) is 4.99 Å². The SMILES string of the molecule is CCN(CC)CCN1C(C)=CN2C1=NC1C2C(=O)N(CCc2ccccc2)C(=O)N1C. The van der Waals surface area contributed by atoms with Gasteiger partial charge in [0.1, 0.15) is 0 Å². The fourth-order valence-electron chi connectivity index (χ4n) is 4.55. The van der Waals surface area contributed by atoms with Gasteiger partial charge in [0.15, 0.2) is 12.2 Å². The van der Waals surface area contributed by atoms with Crippen LogP contribution in [0.25, 0.3) is 0 Å². The monoisotopic (exact) mass is 424 g/mol. The summed E-state index contributed by atoms with van der Waals surface area (Å²) >= 11 is 0. The van der Waals surface area contributed by atoms with Gasteiger partial charge in [-0.3, -0.25) is 9.69 Å². The Morgan fingerprint density at radius 2 is 1.74 bits per heavy atom. The summed E-state index contributed by atoms with van der Waals surface area (Å²) in [5.41, 5.74) is 2.18. The number of benzene rings is 1. The van der Waals surface area contributed by atoms with Crippen molar-refractivity contribution < 1.29 is 9.59 Å². The maximum Gasteiger partial charge on any atom is 0.328 e. The van der Waals surface area contributed by atoms with Gasteiger partial charge in [0.05, 0.1) is 0 Å². The van der Waals surface area contributed by atoms with Crippen molar-refractivity contribution in [3.8, 4) is 0 Å². The van der Waals surface area contributed by atoms with E-state index in [0.29, 0.717) is 13.0 Å². The minimum atomic E-state index is -0.498. The van der Waals surface area contributed by atoms with Crippen LogP contribution in [0.5, 0.6) is 0 Å². The zero-order chi connectivity index (χ0) is 22.1. The van der Waals surface area contributed by atoms with Gasteiger partial charge in [0.2, 0.25) is 5.96 Å². The van der Waals surface area contributed by atoms with Crippen molar-refractivity contribution in [2.75, 3.05) is 39.8 Å². The summed E-state index contributed by atoms with van der Waals surface area (Å²) in [6.07, 6.45) is 2.16. The number of nitrogens with zero attached hydrogens (tertiary/aromatic N) is 6. The highest BCUT2D eigenvalue weighted by Gasteiger charge is 2.54. The zero-order valence-electron chi connectivity index (χ0n) is 18.9. The highest BCUT2D eigenvalue weighted by atomic mass is 16.2. The molecule has 4 rings (SSSR count). The average Bonchev–Trinajstić information content (AvgIpc) is 3.29. The van der Waals surface area contributed by atoms with Gasteiger partial charge in [-0.1, -0.05) is 44.2 Å². The van der Waals surface area contributed by atoms with Crippen molar-refractivity contribution in [1.82, 2.24) is 24.5 Å². The topological polar surface area (TPSA) is 62.7 Å². The Morgan fingerprint density at radius 1 is 1.03 bits per heavy atom. The van der Waals surface area contributed by atoms with Gasteiger partial charge in [-0.2, -0.15) is 0 Å². The van der Waals surface area contributed by atoms with Crippen LogP contribution in [0, 0.1) is 0 Å². The van der Waals surface area contributed by atoms with Crippen molar-refractivity contribution in [2.45, 2.75) is 39.4 Å². The van der Waals surface area contributed by atoms with E-state index in [1.54, 1.807) is 11.9 Å². The molecule has 1 aromatic rings. The van der Waals surface area contributed by atoms with Crippen LogP contribution in [0.4, 0.5) is 4.79 Å². The van der Waals surface area contributed by atoms with Crippen LogP contribution in [0.1, 0.15) is 26.3 Å². The molecule has 2 unspecified atom stereocenters. The number of rotatable bonds is 8. The van der Waals surface area contributed by atoms with Crippen molar-refractivity contribution in [3.63, 3.8) is 0 Å². The number of hydrogen-bond donors (Lipinski definition) is 0. The van der Waals surface area contributed by atoms with Crippen molar-refractivity contribution in [3.05, 3.63) is 47.8 Å². The molecule has 1 saturated heterocycles. The molecule has 1 aromatic carbocycles. The molecule has 0 aromatic heterocycles. The number of allylic oxidation sites excluding steroid dienone is 1. The summed E-state index contributed by atoms with van der Waals surface area (Å²) < 4.78 is 0. The first kappa shape index (κ1) is 21.4. The number of urea groups is 1. The normalized spacial score (nSPS) is 22.9. The Kier molecular flexibility index (Phi) is 6.00. The minimum absolute atomic E-state index is 0.169. The molecule has 3 heterocycles. The van der Waals surface area contributed by atoms with Crippen molar-refractivity contribution in [1.29, 1.82) is 0 Å². The predicted molar refractivity (Wildman–Crippen MR) is 120 cm³/mol. The summed E-state index contributed by atoms with van der Waals surface area (Å²) in [6.45, 7) is 10.5. The minimum Gasteiger partial charge on any atom is -0.313 e. The number of imide groups is 1. The van der Waals surface area contributed by atoms with E-state index in [9.17, 15) is 9.59 Å². The molecule has 8 heteroatoms. The Morgan fingerprint density at radius 3 is 2.42 bits per heavy atom. The molecule has 8 nitrogen and oxygen atoms in total. The molecular formula is C23H32N6O2. The van der Waals surface area contributed by atoms with Gasteiger partial charge >= 0.3 is 6.03 Å². The third kappa shape index (κ3) is 3.80. The van der Waals surface area contributed by atoms with Gasteiger partial charge in [0, 0.05) is 38.6 Å². The third-order valence-corrected chi connectivity index (χ3v) is 6.50. The molecule has 1 fully saturated rings. The smallest absolute Gasteiger partial charge is 0.313 e. The van der Waals surface area contributed by atoms with Gasteiger partial charge in [0.25, 0.3) is 5.91 Å². The zero-order valence-corrected chi connectivity index (χ0v) is 18.9. The standard InChI is InChI=1S/C23H32N6O2/c1-5-26(6-2)14-15-27-17(3)16-29-19-20(24-22(27)29)25(4)23(31)28(21(19)30)13-12-18-10-8-7-9-11-18/h7-11,16,19-20H,5-6,12-15H2,1-4H3. The molecule has 0 radical (unpaired) electrons. The van der Waals surface area contributed by atoms with Gasteiger partial charge in [-0.15, -0.1) is 0 Å². The molecule has 0 saturated carbocycles. The average molecular weight is 425 g/mol. The molecule has 2 atom stereocenters. The van der Waals surface area contributed by atoms with Crippen LogP contribution in [0.3, 0.4) is 0 Å². The quantitative estimate of drug-likeness (QED) is 0.639. The van der Waals surface area contributed by atoms with Crippen molar-refractivity contribution >= 4 is 17.9 Å². The van der Waals surface area contributed by atoms with Crippen LogP contribution in [0.15, 0.2) is 47.2 Å². The predicted octanol–water partition coefficient (Wildman–Crippen LogP) is 2.01. The molecule has 0 aliphatic carbocycles. The number of amides is 3. The fourth-order valence-corrected chi connectivity index (χ4v) is 4.55. The number of aliphatic imine (C=N–C) groups is 1. The maximum atomic E-state index is 13.4. The number of carbonyl (C=O) groups is 2. The van der Waals surface area contributed by atoms with Gasteiger partial charge in [-0.05, 0) is 32.0 Å². The Balaban J connectivity index is 1.50. The van der Waals surface area contributed by atoms with E-state index in [1.807, 2.05) is 48.4 Å². The Bertz CT molecular complexity index is 895. The molecule has 3 aliphatic heterocycles. The van der Waals surface area contributed by atoms with Crippen LogP contribution in [-0.2, 0) is 11.2 Å². The van der Waals surface area contributed by atoms with E-state index in [1.165, 1.54) is 4.90 Å². The summed E-state index contributed by atoms with van der Waals surface area (Å²) in [7, 11) is 1.74. The lowest BCUT2D eigenvalue weighted by Crippen LogP contribution is -2.64. The van der Waals surface area contributed by atoms with E-state index in [-0.39, 0.29) is 11.9 Å². The number of likely N-dealkylation sites (N-methyl/N-ethyl adjacent to an activating group) is 2. The molecule has 3 aliphatic rings. The number of carbonyl (C=O) groups excluding carboxylic acids is 2. The van der Waals surface area contributed by atoms with Gasteiger partial charge in [-0.25, -0.2) is 9.79 Å².